The van der Waals surface area contributed by atoms with Gasteiger partial charge in [-0.25, -0.2) is 0 Å². The molecular formula is C11H11KN2O4S2. The maximum absolute atomic E-state index is 11.9. The topological polar surface area (TPSA) is 104 Å². The predicted molar refractivity (Wildman–Crippen MR) is 68.3 cm³/mol. The van der Waals surface area contributed by atoms with Crippen LogP contribution in [-0.4, -0.2) is 44.0 Å². The molecule has 0 bridgehead atoms. The summed E-state index contributed by atoms with van der Waals surface area (Å²) >= 11 is 2.49. The van der Waals surface area contributed by atoms with Crippen LogP contribution in [0.3, 0.4) is 0 Å². The number of fused-ring (bicyclic) bond motifs is 1. The zero-order valence-electron chi connectivity index (χ0n) is 10.9. The summed E-state index contributed by atoms with van der Waals surface area (Å²) in [6.45, 7) is 1.52. The molecule has 0 aliphatic carbocycles. The maximum atomic E-state index is 11.9. The molecule has 2 rings (SSSR count). The molecule has 2 aliphatic heterocycles. The molecule has 0 aromatic carbocycles. The van der Waals surface area contributed by atoms with Gasteiger partial charge in [-0.1, -0.05) is 0 Å². The molecule has 0 aromatic heterocycles. The number of carboxylic acid groups (broad SMARTS) is 1. The van der Waals surface area contributed by atoms with Crippen LogP contribution >= 0.6 is 23.5 Å². The molecule has 1 amide bonds. The summed E-state index contributed by atoms with van der Waals surface area (Å²) in [7, 11) is 0. The molecule has 2 unspecified atom stereocenters. The van der Waals surface area contributed by atoms with Gasteiger partial charge in [0.15, 0.2) is 0 Å². The Labute approximate surface area is 167 Å². The number of thioether (sulfide) groups is 2. The zero-order chi connectivity index (χ0) is 14.2. The third-order valence-corrected chi connectivity index (χ3v) is 5.88. The van der Waals surface area contributed by atoms with E-state index in [0.717, 1.165) is 0 Å². The van der Waals surface area contributed by atoms with Crippen LogP contribution < -0.4 is 56.5 Å². The summed E-state index contributed by atoms with van der Waals surface area (Å²) in [4.78, 5) is 24.3. The quantitative estimate of drug-likeness (QED) is 0.318. The first-order chi connectivity index (χ1) is 8.99. The van der Waals surface area contributed by atoms with Crippen molar-refractivity contribution in [2.45, 2.75) is 29.0 Å². The minimum Gasteiger partial charge on any atom is -0.548 e. The Bertz CT molecular complexity index is 480. The number of hydrogen-bond donors (Lipinski definition) is 1. The predicted octanol–water partition coefficient (Wildman–Crippen LogP) is -3.88. The van der Waals surface area contributed by atoms with Crippen LogP contribution in [0.4, 0.5) is 0 Å². The first-order valence-corrected chi connectivity index (χ1v) is 7.44. The number of allylic oxidation sites excluding steroid dienone is 1. The van der Waals surface area contributed by atoms with Gasteiger partial charge in [-0.05, 0) is 12.3 Å². The zero-order valence-corrected chi connectivity index (χ0v) is 15.7. The fourth-order valence-electron chi connectivity index (χ4n) is 2.22. The third kappa shape index (κ3) is 3.28. The minimum absolute atomic E-state index is 0. The summed E-state index contributed by atoms with van der Waals surface area (Å²) in [6, 6.07) is 0.793. The van der Waals surface area contributed by atoms with Crippen molar-refractivity contribution < 1.29 is 71.2 Å². The van der Waals surface area contributed by atoms with Crippen molar-refractivity contribution in [2.24, 2.45) is 5.92 Å². The third-order valence-electron chi connectivity index (χ3n) is 3.07. The number of aliphatic hydroxyl groups is 1. The number of rotatable bonds is 4. The van der Waals surface area contributed by atoms with Crippen molar-refractivity contribution in [3.63, 3.8) is 0 Å². The number of carbonyl (C=O) groups excluding carboxylic acids is 2. The molecular weight excluding hydrogens is 327 g/mol. The van der Waals surface area contributed by atoms with E-state index in [1.807, 2.05) is 6.07 Å². The molecule has 20 heavy (non-hydrogen) atoms. The first-order valence-electron chi connectivity index (χ1n) is 5.55. The van der Waals surface area contributed by atoms with Gasteiger partial charge in [0.1, 0.15) is 0 Å². The molecule has 9 heteroatoms. The number of aliphatic hydroxyl groups excluding tert-OH is 1. The summed E-state index contributed by atoms with van der Waals surface area (Å²) < 4.78 is -0.424. The molecule has 2 aliphatic rings. The molecule has 2 fully saturated rings. The summed E-state index contributed by atoms with van der Waals surface area (Å²) in [5, 5.41) is 30.3. The fourth-order valence-corrected chi connectivity index (χ4v) is 5.24. The molecule has 0 saturated carbocycles. The second-order valence-electron chi connectivity index (χ2n) is 4.24. The average Bonchev–Trinajstić information content (AvgIpc) is 2.64. The number of amides is 1. The van der Waals surface area contributed by atoms with Crippen LogP contribution in [0.25, 0.3) is 0 Å². The SMILES string of the molecule is C[C@@H](O)[C@H]1C(=O)N2C(C(=O)[O-])C(SC=CC#N)S[C@H]12.[K+]. The van der Waals surface area contributed by atoms with Crippen molar-refractivity contribution in [2.75, 3.05) is 0 Å². The van der Waals surface area contributed by atoms with E-state index in [4.69, 9.17) is 5.26 Å². The number of nitrogens with zero attached hydrogens (tertiary/aromatic N) is 2. The molecule has 2 saturated heterocycles. The monoisotopic (exact) mass is 338 g/mol. The number of nitriles is 1. The Morgan fingerprint density at radius 3 is 2.85 bits per heavy atom. The number of β-lactam (4-membered cyclic amide) rings is 1. The van der Waals surface area contributed by atoms with Crippen molar-refractivity contribution in [3.05, 3.63) is 11.5 Å². The molecule has 1 N–H and O–H groups in total. The minimum atomic E-state index is -1.31. The fraction of sp³-hybridized carbons (Fsp3) is 0.545. The van der Waals surface area contributed by atoms with E-state index in [-0.39, 0.29) is 62.7 Å². The molecule has 0 aromatic rings. The molecule has 6 nitrogen and oxygen atoms in total. The van der Waals surface area contributed by atoms with Crippen LogP contribution in [0.2, 0.25) is 0 Å². The first kappa shape index (κ1) is 18.5. The van der Waals surface area contributed by atoms with Gasteiger partial charge >= 0.3 is 51.4 Å². The van der Waals surface area contributed by atoms with E-state index in [1.165, 1.54) is 46.8 Å². The van der Waals surface area contributed by atoms with Gasteiger partial charge in [-0.15, -0.1) is 23.5 Å². The second-order valence-corrected chi connectivity index (χ2v) is 6.85. The van der Waals surface area contributed by atoms with Crippen LogP contribution in [0, 0.1) is 17.2 Å². The number of aliphatic carboxylic acids is 1. The van der Waals surface area contributed by atoms with E-state index in [9.17, 15) is 19.8 Å². The van der Waals surface area contributed by atoms with Gasteiger partial charge in [0, 0.05) is 6.08 Å². The van der Waals surface area contributed by atoms with Crippen molar-refractivity contribution in [3.8, 4) is 6.07 Å². The van der Waals surface area contributed by atoms with E-state index in [0.29, 0.717) is 0 Å². The van der Waals surface area contributed by atoms with Crippen LogP contribution in [0.15, 0.2) is 11.5 Å². The Morgan fingerprint density at radius 2 is 2.35 bits per heavy atom. The number of hydrogen-bond acceptors (Lipinski definition) is 7. The molecule has 2 heterocycles. The van der Waals surface area contributed by atoms with Gasteiger partial charge in [0.05, 0.1) is 40.1 Å². The Hall–Kier alpha value is 0.466. The van der Waals surface area contributed by atoms with Crippen LogP contribution in [0.5, 0.6) is 0 Å². The summed E-state index contributed by atoms with van der Waals surface area (Å²) in [5.41, 5.74) is 0. The van der Waals surface area contributed by atoms with Gasteiger partial charge < -0.3 is 19.9 Å². The van der Waals surface area contributed by atoms with Crippen LogP contribution in [0.1, 0.15) is 6.92 Å². The molecule has 5 atom stereocenters. The van der Waals surface area contributed by atoms with Gasteiger partial charge in [0.25, 0.3) is 0 Å². The number of carbonyl (C=O) groups is 2. The van der Waals surface area contributed by atoms with E-state index in [1.54, 1.807) is 0 Å². The Kier molecular flexibility index (Phi) is 7.08. The standard InChI is InChI=1S/C11H12N2O4S2.K/c1-5(14)6-8(15)13-7(10(16)17)11(19-9(6)13)18-4-2-3-12;/h2,4-7,9,11,14H,1H3,(H,16,17);/q;+1/p-1/t5-,6+,7?,9-,11?;/m1./s1. The van der Waals surface area contributed by atoms with Gasteiger partial charge in [-0.3, -0.25) is 4.79 Å². The summed E-state index contributed by atoms with van der Waals surface area (Å²) in [5.74, 6) is -2.22. The second kappa shape index (κ2) is 7.65. The molecule has 102 valence electrons. The number of carboxylic acids is 1. The van der Waals surface area contributed by atoms with Gasteiger partial charge in [-0.2, -0.15) is 5.26 Å². The average molecular weight is 338 g/mol. The van der Waals surface area contributed by atoms with Crippen molar-refractivity contribution in [1.82, 2.24) is 4.90 Å². The van der Waals surface area contributed by atoms with Crippen molar-refractivity contribution >= 4 is 35.4 Å². The van der Waals surface area contributed by atoms with E-state index < -0.39 is 28.6 Å². The normalized spacial score (nSPS) is 33.0. The van der Waals surface area contributed by atoms with E-state index >= 15 is 0 Å². The molecule has 0 spiro atoms. The Balaban J connectivity index is 0.00000200. The Morgan fingerprint density at radius 1 is 1.70 bits per heavy atom. The smallest absolute Gasteiger partial charge is 0.548 e. The maximum Gasteiger partial charge on any atom is 1.00 e. The largest absolute Gasteiger partial charge is 1.00 e. The molecule has 0 radical (unpaired) electrons. The van der Waals surface area contributed by atoms with Crippen molar-refractivity contribution in [1.29, 1.82) is 5.26 Å². The van der Waals surface area contributed by atoms with E-state index in [2.05, 4.69) is 0 Å². The van der Waals surface area contributed by atoms with Crippen LogP contribution in [-0.2, 0) is 9.59 Å². The van der Waals surface area contributed by atoms with Gasteiger partial charge in [0.2, 0.25) is 5.91 Å². The summed E-state index contributed by atoms with van der Waals surface area (Å²) in [6.07, 6.45) is 0.447.